The predicted octanol–water partition coefficient (Wildman–Crippen LogP) is 6.47. The molecule has 170 valence electrons. The second-order valence-corrected chi connectivity index (χ2v) is 10.4. The molecular weight excluding hydrogens is 378 g/mol. The number of nitrogens with zero attached hydrogens (tertiary/aromatic N) is 1. The van der Waals surface area contributed by atoms with Crippen LogP contribution in [-0.4, -0.2) is 35.7 Å². The van der Waals surface area contributed by atoms with Gasteiger partial charge in [0, 0.05) is 5.92 Å². The first kappa shape index (κ1) is 22.8. The van der Waals surface area contributed by atoms with Gasteiger partial charge in [-0.1, -0.05) is 66.5 Å². The van der Waals surface area contributed by atoms with Gasteiger partial charge in [0.1, 0.15) is 0 Å². The van der Waals surface area contributed by atoms with Crippen LogP contribution >= 0.6 is 0 Å². The van der Waals surface area contributed by atoms with Crippen LogP contribution in [0.5, 0.6) is 0 Å². The zero-order chi connectivity index (χ0) is 21.5. The van der Waals surface area contributed by atoms with Gasteiger partial charge in [0.05, 0.1) is 6.10 Å². The number of benzene rings is 1. The van der Waals surface area contributed by atoms with E-state index in [1.807, 2.05) is 0 Å². The van der Waals surface area contributed by atoms with Crippen molar-refractivity contribution in [3.8, 4) is 0 Å². The monoisotopic (exact) mass is 421 g/mol. The third-order valence-electron chi connectivity index (χ3n) is 7.91. The standard InChI is InChI=1S/C29H43NO/c1-23-11-10-14-24(19-23)12-5-6-15-27-28-21-25(20-26(28)22-29(27)31)13-4-2-3-7-16-30-17-8-9-18-30/h6,10-11,14-15,19-20,26-29,31H,2-5,7-9,12-13,16-18,21-22H2,1H3/t26-,27+,28-,29+/m0/s1. The highest BCUT2D eigenvalue weighted by molar-refractivity contribution is 5.23. The highest BCUT2D eigenvalue weighted by atomic mass is 16.3. The molecule has 1 aliphatic heterocycles. The van der Waals surface area contributed by atoms with Crippen LogP contribution in [0.15, 0.2) is 48.1 Å². The minimum atomic E-state index is -0.145. The van der Waals surface area contributed by atoms with E-state index in [0.29, 0.717) is 17.8 Å². The fourth-order valence-electron chi connectivity index (χ4n) is 6.21. The minimum absolute atomic E-state index is 0.145. The number of aliphatic hydroxyl groups is 1. The second kappa shape index (κ2) is 11.5. The fourth-order valence-corrected chi connectivity index (χ4v) is 6.21. The number of hydrogen-bond acceptors (Lipinski definition) is 2. The molecular formula is C29H43NO. The summed E-state index contributed by atoms with van der Waals surface area (Å²) < 4.78 is 0. The Morgan fingerprint density at radius 2 is 1.90 bits per heavy atom. The highest BCUT2D eigenvalue weighted by Crippen LogP contribution is 2.48. The van der Waals surface area contributed by atoms with Gasteiger partial charge in [0.25, 0.3) is 0 Å². The Hall–Kier alpha value is -1.38. The molecule has 1 saturated heterocycles. The van der Waals surface area contributed by atoms with E-state index in [-0.39, 0.29) is 6.10 Å². The Kier molecular flexibility index (Phi) is 8.44. The van der Waals surface area contributed by atoms with Crippen LogP contribution in [0, 0.1) is 24.7 Å². The van der Waals surface area contributed by atoms with Crippen molar-refractivity contribution in [3.05, 3.63) is 59.2 Å². The molecule has 3 aliphatic rings. The summed E-state index contributed by atoms with van der Waals surface area (Å²) in [5.41, 5.74) is 4.44. The number of likely N-dealkylation sites (tertiary alicyclic amines) is 1. The van der Waals surface area contributed by atoms with E-state index in [0.717, 1.165) is 19.3 Å². The topological polar surface area (TPSA) is 23.5 Å². The van der Waals surface area contributed by atoms with Crippen LogP contribution in [0.4, 0.5) is 0 Å². The van der Waals surface area contributed by atoms with E-state index < -0.39 is 0 Å². The number of fused-ring (bicyclic) bond motifs is 1. The van der Waals surface area contributed by atoms with Gasteiger partial charge in [-0.3, -0.25) is 0 Å². The van der Waals surface area contributed by atoms with Crippen LogP contribution in [-0.2, 0) is 6.42 Å². The molecule has 0 bridgehead atoms. The molecule has 1 aromatic carbocycles. The summed E-state index contributed by atoms with van der Waals surface area (Å²) >= 11 is 0. The van der Waals surface area contributed by atoms with Gasteiger partial charge in [-0.15, -0.1) is 0 Å². The second-order valence-electron chi connectivity index (χ2n) is 10.4. The first-order chi connectivity index (χ1) is 15.2. The van der Waals surface area contributed by atoms with Gasteiger partial charge in [-0.25, -0.2) is 0 Å². The summed E-state index contributed by atoms with van der Waals surface area (Å²) in [6.45, 7) is 6.16. The van der Waals surface area contributed by atoms with Crippen molar-refractivity contribution in [3.63, 3.8) is 0 Å². The molecule has 1 heterocycles. The van der Waals surface area contributed by atoms with Crippen molar-refractivity contribution in [2.24, 2.45) is 17.8 Å². The minimum Gasteiger partial charge on any atom is -0.392 e. The average Bonchev–Trinajstić information content (AvgIpc) is 3.46. The zero-order valence-corrected chi connectivity index (χ0v) is 19.6. The summed E-state index contributed by atoms with van der Waals surface area (Å²) in [6, 6.07) is 8.82. The van der Waals surface area contributed by atoms with E-state index in [9.17, 15) is 5.11 Å². The number of allylic oxidation sites excluding steroid dienone is 3. The van der Waals surface area contributed by atoms with Gasteiger partial charge in [-0.2, -0.15) is 0 Å². The van der Waals surface area contributed by atoms with Crippen LogP contribution in [0.3, 0.4) is 0 Å². The summed E-state index contributed by atoms with van der Waals surface area (Å²) in [4.78, 5) is 2.64. The van der Waals surface area contributed by atoms with Gasteiger partial charge < -0.3 is 10.0 Å². The van der Waals surface area contributed by atoms with Gasteiger partial charge in [0.15, 0.2) is 0 Å². The Morgan fingerprint density at radius 3 is 2.74 bits per heavy atom. The quantitative estimate of drug-likeness (QED) is 0.327. The average molecular weight is 422 g/mol. The van der Waals surface area contributed by atoms with Crippen molar-refractivity contribution in [1.29, 1.82) is 0 Å². The van der Waals surface area contributed by atoms with E-state index in [2.05, 4.69) is 54.3 Å². The van der Waals surface area contributed by atoms with Crippen molar-refractivity contribution >= 4 is 0 Å². The number of aliphatic hydroxyl groups excluding tert-OH is 1. The SMILES string of the molecule is Cc1cccc(CCC=C[C@@H]2[C@H]3CC(CCCCCCN4CCCC4)=C[C@H]3C[C@H]2O)c1. The maximum Gasteiger partial charge on any atom is 0.0611 e. The normalized spacial score (nSPS) is 28.5. The van der Waals surface area contributed by atoms with Crippen LogP contribution in [0.2, 0.25) is 0 Å². The van der Waals surface area contributed by atoms with E-state index >= 15 is 0 Å². The smallest absolute Gasteiger partial charge is 0.0611 e. The Labute approximate surface area is 190 Å². The molecule has 31 heavy (non-hydrogen) atoms. The molecule has 1 saturated carbocycles. The number of unbranched alkanes of at least 4 members (excludes halogenated alkanes) is 3. The first-order valence-corrected chi connectivity index (χ1v) is 13.0. The molecule has 4 atom stereocenters. The van der Waals surface area contributed by atoms with Crippen molar-refractivity contribution in [1.82, 2.24) is 4.90 Å². The van der Waals surface area contributed by atoms with Crippen molar-refractivity contribution in [2.75, 3.05) is 19.6 Å². The molecule has 2 heteroatoms. The van der Waals surface area contributed by atoms with E-state index in [1.54, 1.807) is 5.57 Å². The van der Waals surface area contributed by atoms with Crippen molar-refractivity contribution in [2.45, 2.75) is 83.7 Å². The lowest BCUT2D eigenvalue weighted by molar-refractivity contribution is 0.141. The maximum atomic E-state index is 10.6. The molecule has 0 radical (unpaired) electrons. The third-order valence-corrected chi connectivity index (χ3v) is 7.91. The molecule has 2 aliphatic carbocycles. The molecule has 0 aromatic heterocycles. The van der Waals surface area contributed by atoms with Gasteiger partial charge in [-0.05, 0) is 102 Å². The van der Waals surface area contributed by atoms with Crippen LogP contribution in [0.25, 0.3) is 0 Å². The summed E-state index contributed by atoms with van der Waals surface area (Å²) in [6.07, 6.45) is 21.0. The summed E-state index contributed by atoms with van der Waals surface area (Å²) in [7, 11) is 0. The Balaban J connectivity index is 1.14. The molecule has 2 fully saturated rings. The largest absolute Gasteiger partial charge is 0.392 e. The molecule has 2 nitrogen and oxygen atoms in total. The third kappa shape index (κ3) is 6.56. The predicted molar refractivity (Wildman–Crippen MR) is 131 cm³/mol. The van der Waals surface area contributed by atoms with Crippen LogP contribution < -0.4 is 0 Å². The highest BCUT2D eigenvalue weighted by Gasteiger charge is 2.43. The lowest BCUT2D eigenvalue weighted by Gasteiger charge is -2.18. The fraction of sp³-hybridized carbons (Fsp3) is 0.655. The lowest BCUT2D eigenvalue weighted by atomic mass is 9.88. The summed E-state index contributed by atoms with van der Waals surface area (Å²) in [5.74, 6) is 1.62. The zero-order valence-electron chi connectivity index (χ0n) is 19.6. The van der Waals surface area contributed by atoms with Crippen LogP contribution in [0.1, 0.15) is 75.3 Å². The first-order valence-electron chi connectivity index (χ1n) is 13.0. The molecule has 0 unspecified atom stereocenters. The molecule has 0 spiro atoms. The summed E-state index contributed by atoms with van der Waals surface area (Å²) in [5, 5.41) is 10.6. The maximum absolute atomic E-state index is 10.6. The van der Waals surface area contributed by atoms with Crippen molar-refractivity contribution < 1.29 is 5.11 Å². The molecule has 0 amide bonds. The Morgan fingerprint density at radius 1 is 1.06 bits per heavy atom. The number of hydrogen-bond donors (Lipinski definition) is 1. The number of aryl methyl sites for hydroxylation is 2. The lowest BCUT2D eigenvalue weighted by Crippen LogP contribution is -2.20. The van der Waals surface area contributed by atoms with E-state index in [4.69, 9.17) is 0 Å². The Bertz CT molecular complexity index is 745. The number of rotatable bonds is 11. The van der Waals surface area contributed by atoms with Gasteiger partial charge >= 0.3 is 0 Å². The molecule has 1 N–H and O–H groups in total. The molecule has 1 aromatic rings. The van der Waals surface area contributed by atoms with Gasteiger partial charge in [0.2, 0.25) is 0 Å². The molecule has 4 rings (SSSR count). The van der Waals surface area contributed by atoms with E-state index in [1.165, 1.54) is 82.1 Å².